The maximum Gasteiger partial charge on any atom is 0.308 e. The lowest BCUT2D eigenvalue weighted by atomic mass is 10.1. The van der Waals surface area contributed by atoms with Gasteiger partial charge in [-0.1, -0.05) is 26.0 Å². The topological polar surface area (TPSA) is 46.4 Å². The first kappa shape index (κ1) is 12.6. The zero-order valence-electron chi connectivity index (χ0n) is 10.8. The van der Waals surface area contributed by atoms with Crippen molar-refractivity contribution in [2.24, 2.45) is 5.92 Å². The van der Waals surface area contributed by atoms with Crippen LogP contribution in [0.5, 0.6) is 5.75 Å². The van der Waals surface area contributed by atoms with E-state index in [1.54, 1.807) is 29.2 Å². The van der Waals surface area contributed by atoms with Crippen molar-refractivity contribution < 1.29 is 14.3 Å². The van der Waals surface area contributed by atoms with Crippen molar-refractivity contribution in [3.63, 3.8) is 0 Å². The van der Waals surface area contributed by atoms with Crippen LogP contribution in [0.1, 0.15) is 31.1 Å². The van der Waals surface area contributed by atoms with Gasteiger partial charge < -0.3 is 9.64 Å². The lowest BCUT2D eigenvalue weighted by molar-refractivity contribution is -0.131. The summed E-state index contributed by atoms with van der Waals surface area (Å²) in [4.78, 5) is 25.1. The maximum atomic E-state index is 12.3. The first-order valence-corrected chi connectivity index (χ1v) is 6.09. The predicted octanol–water partition coefficient (Wildman–Crippen LogP) is 2.09. The van der Waals surface area contributed by atoms with Gasteiger partial charge in [0.25, 0.3) is 5.91 Å². The Hall–Kier alpha value is -1.84. The fourth-order valence-corrected chi connectivity index (χ4v) is 2.00. The third-order valence-corrected chi connectivity index (χ3v) is 3.05. The molecule has 1 saturated heterocycles. The van der Waals surface area contributed by atoms with Gasteiger partial charge in [0.15, 0.2) is 0 Å². The third kappa shape index (κ3) is 2.53. The van der Waals surface area contributed by atoms with Gasteiger partial charge in [-0.2, -0.15) is 0 Å². The lowest BCUT2D eigenvalue weighted by Gasteiger charge is -2.10. The van der Waals surface area contributed by atoms with E-state index in [-0.39, 0.29) is 5.91 Å². The molecule has 0 bridgehead atoms. The fourth-order valence-electron chi connectivity index (χ4n) is 2.00. The van der Waals surface area contributed by atoms with E-state index in [4.69, 9.17) is 4.74 Å². The minimum absolute atomic E-state index is 0.0643. The molecule has 1 aliphatic heterocycles. The van der Waals surface area contributed by atoms with E-state index in [2.05, 4.69) is 13.8 Å². The highest BCUT2D eigenvalue weighted by Gasteiger charge is 2.41. The van der Waals surface area contributed by atoms with E-state index in [9.17, 15) is 9.59 Å². The normalized spacial score (nSPS) is 17.8. The van der Waals surface area contributed by atoms with Crippen molar-refractivity contribution in [2.45, 2.75) is 26.8 Å². The number of hydrogen-bond donors (Lipinski definition) is 0. The van der Waals surface area contributed by atoms with Crippen molar-refractivity contribution in [2.75, 3.05) is 6.54 Å². The Morgan fingerprint density at radius 2 is 2.00 bits per heavy atom. The first-order valence-electron chi connectivity index (χ1n) is 6.09. The molecule has 1 aliphatic rings. The van der Waals surface area contributed by atoms with E-state index in [0.717, 1.165) is 6.54 Å². The van der Waals surface area contributed by atoms with Crippen LogP contribution in [0, 0.1) is 5.92 Å². The monoisotopic (exact) mass is 247 g/mol. The molecule has 96 valence electrons. The molecule has 1 aromatic carbocycles. The number of para-hydroxylation sites is 1. The highest BCUT2D eigenvalue weighted by atomic mass is 16.5. The SMILES string of the molecule is CC(=O)Oc1ccccc1C(=O)N1C[C@H]1C(C)C. The molecule has 1 atom stereocenters. The predicted molar refractivity (Wildman–Crippen MR) is 67.4 cm³/mol. The Morgan fingerprint density at radius 1 is 1.33 bits per heavy atom. The van der Waals surface area contributed by atoms with Gasteiger partial charge in [-0.15, -0.1) is 0 Å². The highest BCUT2D eigenvalue weighted by Crippen LogP contribution is 2.30. The molecule has 2 rings (SSSR count). The summed E-state index contributed by atoms with van der Waals surface area (Å²) in [6.45, 7) is 6.30. The van der Waals surface area contributed by atoms with Crippen molar-refractivity contribution >= 4 is 11.9 Å². The van der Waals surface area contributed by atoms with Crippen molar-refractivity contribution in [3.05, 3.63) is 29.8 Å². The zero-order chi connectivity index (χ0) is 13.3. The summed E-state index contributed by atoms with van der Waals surface area (Å²) in [5.74, 6) is 0.311. The van der Waals surface area contributed by atoms with Crippen molar-refractivity contribution in [3.8, 4) is 5.75 Å². The summed E-state index contributed by atoms with van der Waals surface area (Å²) in [5, 5.41) is 0. The molecular formula is C14H17NO3. The molecule has 1 heterocycles. The minimum Gasteiger partial charge on any atom is -0.426 e. The largest absolute Gasteiger partial charge is 0.426 e. The molecule has 0 saturated carbocycles. The molecule has 0 radical (unpaired) electrons. The number of amides is 1. The summed E-state index contributed by atoms with van der Waals surface area (Å²) < 4.78 is 5.05. The summed E-state index contributed by atoms with van der Waals surface area (Å²) in [7, 11) is 0. The van der Waals surface area contributed by atoms with E-state index < -0.39 is 5.97 Å². The molecule has 0 aliphatic carbocycles. The quantitative estimate of drug-likeness (QED) is 0.467. The number of carbonyl (C=O) groups is 2. The van der Waals surface area contributed by atoms with Gasteiger partial charge in [0.1, 0.15) is 5.75 Å². The van der Waals surface area contributed by atoms with Crippen molar-refractivity contribution in [1.29, 1.82) is 0 Å². The second kappa shape index (κ2) is 4.80. The lowest BCUT2D eigenvalue weighted by Crippen LogP contribution is -2.18. The summed E-state index contributed by atoms with van der Waals surface area (Å²) >= 11 is 0. The number of rotatable bonds is 3. The van der Waals surface area contributed by atoms with E-state index in [1.807, 2.05) is 0 Å². The van der Waals surface area contributed by atoms with Crippen LogP contribution in [0.2, 0.25) is 0 Å². The van der Waals surface area contributed by atoms with Gasteiger partial charge in [-0.3, -0.25) is 9.59 Å². The van der Waals surface area contributed by atoms with Crippen LogP contribution in [0.3, 0.4) is 0 Å². The second-order valence-corrected chi connectivity index (χ2v) is 4.86. The summed E-state index contributed by atoms with van der Waals surface area (Å²) in [6.07, 6.45) is 0. The van der Waals surface area contributed by atoms with Gasteiger partial charge in [-0.25, -0.2) is 0 Å². The second-order valence-electron chi connectivity index (χ2n) is 4.86. The van der Waals surface area contributed by atoms with E-state index in [0.29, 0.717) is 23.3 Å². The van der Waals surface area contributed by atoms with Crippen LogP contribution >= 0.6 is 0 Å². The van der Waals surface area contributed by atoms with E-state index in [1.165, 1.54) is 6.92 Å². The molecule has 0 aromatic heterocycles. The first-order chi connectivity index (χ1) is 8.50. The molecule has 1 amide bonds. The Balaban J connectivity index is 2.18. The average Bonchev–Trinajstić information content (AvgIpc) is 3.08. The Morgan fingerprint density at radius 3 is 2.56 bits per heavy atom. The molecule has 1 aromatic rings. The van der Waals surface area contributed by atoms with Gasteiger partial charge in [0.05, 0.1) is 11.6 Å². The zero-order valence-corrected chi connectivity index (χ0v) is 10.8. The van der Waals surface area contributed by atoms with Gasteiger partial charge in [-0.05, 0) is 18.1 Å². The number of carbonyl (C=O) groups excluding carboxylic acids is 2. The smallest absolute Gasteiger partial charge is 0.308 e. The van der Waals surface area contributed by atoms with Gasteiger partial charge >= 0.3 is 5.97 Å². The standard InChI is InChI=1S/C14H17NO3/c1-9(2)12-8-15(12)14(17)11-6-4-5-7-13(11)18-10(3)16/h4-7,9,12H,8H2,1-3H3/t12-,15?/m0/s1. The van der Waals surface area contributed by atoms with Crippen LogP contribution in [-0.4, -0.2) is 29.4 Å². The number of ether oxygens (including phenoxy) is 1. The molecule has 0 unspecified atom stereocenters. The Labute approximate surface area is 107 Å². The summed E-state index contributed by atoms with van der Waals surface area (Å²) in [6, 6.07) is 7.16. The highest BCUT2D eigenvalue weighted by molar-refractivity contribution is 5.99. The summed E-state index contributed by atoms with van der Waals surface area (Å²) in [5.41, 5.74) is 0.454. The Kier molecular flexibility index (Phi) is 3.36. The molecule has 4 nitrogen and oxygen atoms in total. The molecule has 0 N–H and O–H groups in total. The average molecular weight is 247 g/mol. The number of esters is 1. The minimum atomic E-state index is -0.415. The van der Waals surface area contributed by atoms with Crippen LogP contribution in [-0.2, 0) is 4.79 Å². The maximum absolute atomic E-state index is 12.3. The molecule has 1 fully saturated rings. The van der Waals surface area contributed by atoms with Crippen LogP contribution in [0.15, 0.2) is 24.3 Å². The fraction of sp³-hybridized carbons (Fsp3) is 0.429. The van der Waals surface area contributed by atoms with E-state index >= 15 is 0 Å². The van der Waals surface area contributed by atoms with Crippen molar-refractivity contribution in [1.82, 2.24) is 4.90 Å². The molecule has 4 heteroatoms. The Bertz CT molecular complexity index is 482. The molecule has 18 heavy (non-hydrogen) atoms. The van der Waals surface area contributed by atoms with Crippen LogP contribution in [0.4, 0.5) is 0 Å². The van der Waals surface area contributed by atoms with Crippen LogP contribution < -0.4 is 4.74 Å². The number of benzene rings is 1. The van der Waals surface area contributed by atoms with Gasteiger partial charge in [0.2, 0.25) is 0 Å². The number of hydrogen-bond acceptors (Lipinski definition) is 3. The third-order valence-electron chi connectivity index (χ3n) is 3.05. The van der Waals surface area contributed by atoms with Gasteiger partial charge in [0, 0.05) is 13.5 Å². The molecule has 0 spiro atoms. The van der Waals surface area contributed by atoms with Crippen LogP contribution in [0.25, 0.3) is 0 Å². The number of nitrogens with zero attached hydrogens (tertiary/aromatic N) is 1. The molecular weight excluding hydrogens is 230 g/mol.